The molecule has 0 spiro atoms. The van der Waals surface area contributed by atoms with E-state index in [9.17, 15) is 10.1 Å². The van der Waals surface area contributed by atoms with Crippen LogP contribution in [0.5, 0.6) is 0 Å². The fourth-order valence-corrected chi connectivity index (χ4v) is 2.81. The number of benzene rings is 1. The molecule has 0 saturated carbocycles. The van der Waals surface area contributed by atoms with E-state index in [0.717, 1.165) is 0 Å². The Balaban J connectivity index is 2.69. The third-order valence-electron chi connectivity index (χ3n) is 3.33. The summed E-state index contributed by atoms with van der Waals surface area (Å²) >= 11 is 12.1. The first-order valence-corrected chi connectivity index (χ1v) is 7.74. The number of nitriles is 1. The summed E-state index contributed by atoms with van der Waals surface area (Å²) in [7, 11) is 0. The Labute approximate surface area is 143 Å². The first-order chi connectivity index (χ1) is 11.0. The van der Waals surface area contributed by atoms with Crippen LogP contribution in [0.3, 0.4) is 0 Å². The molecule has 1 aliphatic heterocycles. The molecule has 1 aromatic rings. The van der Waals surface area contributed by atoms with Gasteiger partial charge in [-0.05, 0) is 18.6 Å². The Morgan fingerprint density at radius 1 is 1.48 bits per heavy atom. The van der Waals surface area contributed by atoms with Gasteiger partial charge >= 0.3 is 5.97 Å². The molecule has 0 aliphatic carbocycles. The topological polar surface area (TPSA) is 85.3 Å². The zero-order chi connectivity index (χ0) is 17.0. The highest BCUT2D eigenvalue weighted by atomic mass is 35.5. The number of carbonyl (C=O) groups is 1. The molecular weight excluding hydrogens is 339 g/mol. The van der Waals surface area contributed by atoms with Crippen LogP contribution < -0.4 is 5.73 Å². The highest BCUT2D eigenvalue weighted by molar-refractivity contribution is 6.31. The Hall–Kier alpha value is -2.16. The highest BCUT2D eigenvalue weighted by Gasteiger charge is 2.38. The fraction of sp³-hybridized carbons (Fsp3) is 0.250. The third-order valence-corrected chi connectivity index (χ3v) is 3.92. The molecule has 1 atom stereocenters. The number of ether oxygens (including phenoxy) is 2. The van der Waals surface area contributed by atoms with E-state index >= 15 is 0 Å². The number of alkyl halides is 1. The van der Waals surface area contributed by atoms with Crippen molar-refractivity contribution in [3.05, 3.63) is 57.6 Å². The molecule has 0 unspecified atom stereocenters. The summed E-state index contributed by atoms with van der Waals surface area (Å²) in [5.41, 5.74) is 6.61. The van der Waals surface area contributed by atoms with Crippen molar-refractivity contribution in [1.29, 1.82) is 5.26 Å². The van der Waals surface area contributed by atoms with E-state index in [1.165, 1.54) is 0 Å². The Kier molecular flexibility index (Phi) is 5.54. The van der Waals surface area contributed by atoms with E-state index in [4.69, 9.17) is 38.4 Å². The molecule has 1 aromatic carbocycles. The van der Waals surface area contributed by atoms with Crippen LogP contribution in [0.4, 0.5) is 0 Å². The van der Waals surface area contributed by atoms with E-state index in [1.807, 2.05) is 6.07 Å². The van der Waals surface area contributed by atoms with E-state index in [2.05, 4.69) is 0 Å². The lowest BCUT2D eigenvalue weighted by molar-refractivity contribution is -0.139. The summed E-state index contributed by atoms with van der Waals surface area (Å²) in [6.45, 7) is 1.86. The lowest BCUT2D eigenvalue weighted by atomic mass is 9.83. The van der Waals surface area contributed by atoms with Gasteiger partial charge in [0, 0.05) is 5.02 Å². The Morgan fingerprint density at radius 2 is 2.17 bits per heavy atom. The molecule has 2 rings (SSSR count). The SMILES string of the molecule is CCOC(=O)C1=C(CCl)OC(N)=C(C#N)[C@H]1c1ccccc1Cl. The number of nitrogens with two attached hydrogens (primary N) is 1. The minimum Gasteiger partial charge on any atom is -0.463 e. The lowest BCUT2D eigenvalue weighted by Gasteiger charge is -2.27. The van der Waals surface area contributed by atoms with Crippen LogP contribution in [0.2, 0.25) is 5.02 Å². The zero-order valence-electron chi connectivity index (χ0n) is 12.3. The summed E-state index contributed by atoms with van der Waals surface area (Å²) in [6.07, 6.45) is 0. The predicted octanol–water partition coefficient (Wildman–Crippen LogP) is 3.20. The van der Waals surface area contributed by atoms with E-state index in [-0.39, 0.29) is 35.3 Å². The molecule has 0 saturated heterocycles. The lowest BCUT2D eigenvalue weighted by Crippen LogP contribution is -2.27. The van der Waals surface area contributed by atoms with Gasteiger partial charge in [0.2, 0.25) is 5.88 Å². The normalized spacial score (nSPS) is 17.6. The molecule has 0 bridgehead atoms. The molecule has 2 N–H and O–H groups in total. The fourth-order valence-electron chi connectivity index (χ4n) is 2.37. The van der Waals surface area contributed by atoms with Gasteiger partial charge in [-0.2, -0.15) is 5.26 Å². The first-order valence-electron chi connectivity index (χ1n) is 6.83. The maximum absolute atomic E-state index is 12.4. The van der Waals surface area contributed by atoms with Crippen molar-refractivity contribution in [2.24, 2.45) is 5.73 Å². The standard InChI is InChI=1S/C16H14Cl2N2O3/c1-2-22-16(21)14-12(7-17)23-15(20)10(8-19)13(14)9-5-3-4-6-11(9)18/h3-6,13H,2,7,20H2,1H3/t13-/m1/s1. The average molecular weight is 353 g/mol. The smallest absolute Gasteiger partial charge is 0.338 e. The maximum Gasteiger partial charge on any atom is 0.338 e. The van der Waals surface area contributed by atoms with Crippen LogP contribution in [-0.4, -0.2) is 18.5 Å². The molecule has 0 radical (unpaired) electrons. The van der Waals surface area contributed by atoms with Crippen molar-refractivity contribution in [2.45, 2.75) is 12.8 Å². The van der Waals surface area contributed by atoms with Crippen molar-refractivity contribution in [3.63, 3.8) is 0 Å². The quantitative estimate of drug-likeness (QED) is 0.664. The van der Waals surface area contributed by atoms with Crippen LogP contribution in [0, 0.1) is 11.3 Å². The minimum atomic E-state index is -0.782. The number of carbonyl (C=O) groups excluding carboxylic acids is 1. The summed E-state index contributed by atoms with van der Waals surface area (Å²) < 4.78 is 10.4. The van der Waals surface area contributed by atoms with Gasteiger partial charge in [0.25, 0.3) is 0 Å². The molecule has 0 aromatic heterocycles. The summed E-state index contributed by atoms with van der Waals surface area (Å²) in [4.78, 5) is 12.4. The van der Waals surface area contributed by atoms with Crippen molar-refractivity contribution in [2.75, 3.05) is 12.5 Å². The van der Waals surface area contributed by atoms with Gasteiger partial charge in [-0.1, -0.05) is 29.8 Å². The monoisotopic (exact) mass is 352 g/mol. The molecule has 0 fully saturated rings. The van der Waals surface area contributed by atoms with Gasteiger partial charge in [-0.15, -0.1) is 11.6 Å². The van der Waals surface area contributed by atoms with Crippen LogP contribution in [-0.2, 0) is 14.3 Å². The average Bonchev–Trinajstić information content (AvgIpc) is 2.54. The van der Waals surface area contributed by atoms with Crippen molar-refractivity contribution in [3.8, 4) is 6.07 Å². The van der Waals surface area contributed by atoms with Gasteiger partial charge in [-0.3, -0.25) is 0 Å². The Bertz CT molecular complexity index is 735. The number of halogens is 2. The minimum absolute atomic E-state index is 0.0888. The van der Waals surface area contributed by atoms with Crippen molar-refractivity contribution >= 4 is 29.2 Å². The number of nitrogens with zero attached hydrogens (tertiary/aromatic N) is 1. The summed E-state index contributed by atoms with van der Waals surface area (Å²) in [5, 5.41) is 9.85. The maximum atomic E-state index is 12.4. The zero-order valence-corrected chi connectivity index (χ0v) is 13.8. The van der Waals surface area contributed by atoms with Gasteiger partial charge in [0.1, 0.15) is 17.4 Å². The molecule has 23 heavy (non-hydrogen) atoms. The number of esters is 1. The second kappa shape index (κ2) is 7.40. The third kappa shape index (κ3) is 3.29. The largest absolute Gasteiger partial charge is 0.463 e. The van der Waals surface area contributed by atoms with Crippen molar-refractivity contribution < 1.29 is 14.3 Å². The molecule has 7 heteroatoms. The second-order valence-corrected chi connectivity index (χ2v) is 5.31. The molecule has 120 valence electrons. The van der Waals surface area contributed by atoms with E-state index in [0.29, 0.717) is 10.6 Å². The summed E-state index contributed by atoms with van der Waals surface area (Å²) in [6, 6.07) is 8.88. The second-order valence-electron chi connectivity index (χ2n) is 4.64. The van der Waals surface area contributed by atoms with E-state index < -0.39 is 11.9 Å². The molecule has 5 nitrogen and oxygen atoms in total. The van der Waals surface area contributed by atoms with Crippen LogP contribution in [0.15, 0.2) is 47.1 Å². The molecule has 1 heterocycles. The predicted molar refractivity (Wildman–Crippen MR) is 86.5 cm³/mol. The van der Waals surface area contributed by atoms with Crippen molar-refractivity contribution in [1.82, 2.24) is 0 Å². The van der Waals surface area contributed by atoms with Crippen LogP contribution in [0.1, 0.15) is 18.4 Å². The number of allylic oxidation sites excluding steroid dienone is 2. The molecule has 1 aliphatic rings. The summed E-state index contributed by atoms with van der Waals surface area (Å²) in [5.74, 6) is -1.43. The van der Waals surface area contributed by atoms with Crippen LogP contribution >= 0.6 is 23.2 Å². The Morgan fingerprint density at radius 3 is 2.74 bits per heavy atom. The number of hydrogen-bond donors (Lipinski definition) is 1. The van der Waals surface area contributed by atoms with Gasteiger partial charge in [0.15, 0.2) is 0 Å². The number of rotatable bonds is 4. The highest BCUT2D eigenvalue weighted by Crippen LogP contribution is 2.42. The molecule has 0 amide bonds. The van der Waals surface area contributed by atoms with Gasteiger partial charge < -0.3 is 15.2 Å². The number of hydrogen-bond acceptors (Lipinski definition) is 5. The van der Waals surface area contributed by atoms with Crippen LogP contribution in [0.25, 0.3) is 0 Å². The van der Waals surface area contributed by atoms with Gasteiger partial charge in [-0.25, -0.2) is 4.79 Å². The van der Waals surface area contributed by atoms with Gasteiger partial charge in [0.05, 0.1) is 24.0 Å². The van der Waals surface area contributed by atoms with E-state index in [1.54, 1.807) is 31.2 Å². The first kappa shape index (κ1) is 17.2. The molecular formula is C16H14Cl2N2O3.